The molecule has 0 bridgehead atoms. The molecule has 0 saturated heterocycles. The topological polar surface area (TPSA) is 72.4 Å². The first-order valence-corrected chi connectivity index (χ1v) is 7.06. The van der Waals surface area contributed by atoms with Gasteiger partial charge in [-0.15, -0.1) is 4.48 Å². The van der Waals surface area contributed by atoms with E-state index < -0.39 is 16.8 Å². The molecule has 6 nitrogen and oxygen atoms in total. The number of aromatic nitrogens is 2. The smallest absolute Gasteiger partial charge is 0.272 e. The van der Waals surface area contributed by atoms with Crippen molar-refractivity contribution in [3.8, 4) is 11.3 Å². The summed E-state index contributed by atoms with van der Waals surface area (Å²) in [5.41, 5.74) is 0.622. The van der Waals surface area contributed by atoms with Gasteiger partial charge in [0, 0.05) is 18.9 Å². The normalized spacial score (nSPS) is 11.8. The van der Waals surface area contributed by atoms with E-state index in [1.807, 2.05) is 0 Å². The molecule has 0 fully saturated rings. The minimum atomic E-state index is -4.31. The Labute approximate surface area is 115 Å². The van der Waals surface area contributed by atoms with Crippen LogP contribution < -0.4 is 0 Å². The summed E-state index contributed by atoms with van der Waals surface area (Å²) >= 11 is 0. The van der Waals surface area contributed by atoms with Crippen molar-refractivity contribution < 1.29 is 17.6 Å². The zero-order valence-corrected chi connectivity index (χ0v) is 11.4. The van der Waals surface area contributed by atoms with Crippen LogP contribution in [0.3, 0.4) is 0 Å². The summed E-state index contributed by atoms with van der Waals surface area (Å²) in [7, 11) is -3.10. The Morgan fingerprint density at radius 1 is 1.25 bits per heavy atom. The molecule has 0 radical (unpaired) electrons. The number of halogens is 1. The highest BCUT2D eigenvalue weighted by Gasteiger charge is 2.27. The van der Waals surface area contributed by atoms with Gasteiger partial charge in [0.15, 0.2) is 0 Å². The van der Waals surface area contributed by atoms with Crippen molar-refractivity contribution in [3.63, 3.8) is 0 Å². The van der Waals surface area contributed by atoms with Crippen LogP contribution in [-0.4, -0.2) is 37.0 Å². The van der Waals surface area contributed by atoms with E-state index in [1.54, 1.807) is 18.2 Å². The molecule has 0 aliphatic rings. The second kappa shape index (κ2) is 6.04. The minimum absolute atomic E-state index is 0.194. The Bertz CT molecular complexity index is 679. The third-order valence-corrected chi connectivity index (χ3v) is 4.04. The maximum absolute atomic E-state index is 13.6. The van der Waals surface area contributed by atoms with Crippen molar-refractivity contribution in [1.29, 1.82) is 0 Å². The molecule has 0 aliphatic carbocycles. The summed E-state index contributed by atoms with van der Waals surface area (Å²) in [4.78, 5) is -0.194. The molecule has 0 spiro atoms. The highest BCUT2D eigenvalue weighted by atomic mass is 32.2. The number of ether oxygens (including phenoxy) is 1. The molecule has 20 heavy (non-hydrogen) atoms. The molecule has 1 aromatic heterocycles. The van der Waals surface area contributed by atoms with Crippen molar-refractivity contribution in [2.24, 2.45) is 0 Å². The quantitative estimate of drug-likeness (QED) is 0.619. The molecular weight excluding hydrogens is 285 g/mol. The first kappa shape index (κ1) is 14.5. The zero-order chi connectivity index (χ0) is 14.6. The van der Waals surface area contributed by atoms with Crippen LogP contribution in [0.25, 0.3) is 11.3 Å². The lowest BCUT2D eigenvalue weighted by Crippen LogP contribution is -2.25. The fourth-order valence-electron chi connectivity index (χ4n) is 1.63. The summed E-state index contributed by atoms with van der Waals surface area (Å²) in [6.07, 6.45) is 1.47. The lowest BCUT2D eigenvalue weighted by Gasteiger charge is -2.14. The Balaban J connectivity index is 2.54. The van der Waals surface area contributed by atoms with E-state index in [4.69, 9.17) is 0 Å². The summed E-state index contributed by atoms with van der Waals surface area (Å²) in [6.45, 7) is -0.683. The molecule has 8 heteroatoms. The van der Waals surface area contributed by atoms with Gasteiger partial charge in [0.25, 0.3) is 10.0 Å². The summed E-state index contributed by atoms with van der Waals surface area (Å²) in [5.74, 6) is 0. The fourth-order valence-corrected chi connectivity index (χ4v) is 2.78. The van der Waals surface area contributed by atoms with Crippen LogP contribution >= 0.6 is 0 Å². The average molecular weight is 297 g/mol. The lowest BCUT2D eigenvalue weighted by atomic mass is 10.1. The maximum Gasteiger partial charge on any atom is 0.272 e. The summed E-state index contributed by atoms with van der Waals surface area (Å²) in [6, 6.07) is 9.21. The molecule has 0 aliphatic heterocycles. The van der Waals surface area contributed by atoms with Gasteiger partial charge in [0.2, 0.25) is 0 Å². The van der Waals surface area contributed by atoms with Crippen LogP contribution in [0.2, 0.25) is 0 Å². The number of nitrogens with zero attached hydrogens (tertiary/aromatic N) is 3. The van der Waals surface area contributed by atoms with Crippen molar-refractivity contribution in [3.05, 3.63) is 42.6 Å². The molecule has 0 saturated carbocycles. The average Bonchev–Trinajstić information content (AvgIpc) is 2.48. The van der Waals surface area contributed by atoms with Crippen LogP contribution in [0.15, 0.2) is 47.5 Å². The Kier molecular flexibility index (Phi) is 4.38. The van der Waals surface area contributed by atoms with Crippen LogP contribution in [0.4, 0.5) is 4.48 Å². The number of methoxy groups -OCH3 is 1. The second-order valence-corrected chi connectivity index (χ2v) is 5.60. The Morgan fingerprint density at radius 2 is 2.00 bits per heavy atom. The van der Waals surface area contributed by atoms with E-state index in [-0.39, 0.29) is 15.0 Å². The highest BCUT2D eigenvalue weighted by Crippen LogP contribution is 2.27. The van der Waals surface area contributed by atoms with E-state index in [0.717, 1.165) is 0 Å². The standard InChI is InChI=1S/C12H12FN3O3S/c1-19-9-16(13)20(17,18)12-7-3-2-5-10(12)11-6-4-8-14-15-11/h2-8H,9H2,1H3. The van der Waals surface area contributed by atoms with Crippen LogP contribution in [0.1, 0.15) is 0 Å². The number of hydrogen-bond donors (Lipinski definition) is 0. The first-order chi connectivity index (χ1) is 9.57. The zero-order valence-electron chi connectivity index (χ0n) is 10.6. The molecule has 0 unspecified atom stereocenters. The molecule has 0 N–H and O–H groups in total. The van der Waals surface area contributed by atoms with Crippen LogP contribution in [0.5, 0.6) is 0 Å². The third-order valence-electron chi connectivity index (χ3n) is 2.50. The SMILES string of the molecule is COCN(F)S(=O)(=O)c1ccccc1-c1cccnn1. The number of sulfonamides is 1. The van der Waals surface area contributed by atoms with Gasteiger partial charge in [-0.05, 0) is 22.7 Å². The van der Waals surface area contributed by atoms with Gasteiger partial charge in [-0.2, -0.15) is 10.2 Å². The van der Waals surface area contributed by atoms with Gasteiger partial charge in [-0.3, -0.25) is 0 Å². The summed E-state index contributed by atoms with van der Waals surface area (Å²) in [5, 5.41) is 7.53. The first-order valence-electron chi connectivity index (χ1n) is 5.62. The highest BCUT2D eigenvalue weighted by molar-refractivity contribution is 7.89. The van der Waals surface area contributed by atoms with Gasteiger partial charge in [0.1, 0.15) is 6.73 Å². The van der Waals surface area contributed by atoms with E-state index in [9.17, 15) is 12.9 Å². The molecule has 2 rings (SSSR count). The predicted molar refractivity (Wildman–Crippen MR) is 69.5 cm³/mol. The van der Waals surface area contributed by atoms with Gasteiger partial charge in [-0.1, -0.05) is 18.2 Å². The largest absolute Gasteiger partial charge is 0.366 e. The molecule has 0 amide bonds. The molecule has 1 heterocycles. The van der Waals surface area contributed by atoms with Crippen molar-refractivity contribution in [2.45, 2.75) is 4.90 Å². The Morgan fingerprint density at radius 3 is 2.65 bits per heavy atom. The predicted octanol–water partition coefficient (Wildman–Crippen LogP) is 1.62. The van der Waals surface area contributed by atoms with Crippen molar-refractivity contribution in [1.82, 2.24) is 14.7 Å². The minimum Gasteiger partial charge on any atom is -0.366 e. The van der Waals surface area contributed by atoms with E-state index >= 15 is 0 Å². The van der Waals surface area contributed by atoms with E-state index in [0.29, 0.717) is 5.69 Å². The third kappa shape index (κ3) is 2.82. The summed E-state index contributed by atoms with van der Waals surface area (Å²) < 4.78 is 42.1. The van der Waals surface area contributed by atoms with Crippen LogP contribution in [-0.2, 0) is 14.8 Å². The van der Waals surface area contributed by atoms with Crippen LogP contribution in [0, 0.1) is 0 Å². The van der Waals surface area contributed by atoms with E-state index in [2.05, 4.69) is 14.9 Å². The molecule has 1 aromatic carbocycles. The number of rotatable bonds is 5. The molecule has 0 atom stereocenters. The van der Waals surface area contributed by atoms with Gasteiger partial charge in [-0.25, -0.2) is 8.42 Å². The second-order valence-electron chi connectivity index (χ2n) is 3.82. The number of hydrogen-bond acceptors (Lipinski definition) is 5. The molecule has 106 valence electrons. The van der Waals surface area contributed by atoms with Gasteiger partial charge < -0.3 is 4.74 Å². The fraction of sp³-hybridized carbons (Fsp3) is 0.167. The Hall–Kier alpha value is -1.90. The molecule has 2 aromatic rings. The monoisotopic (exact) mass is 297 g/mol. The van der Waals surface area contributed by atoms with Crippen molar-refractivity contribution >= 4 is 10.0 Å². The van der Waals surface area contributed by atoms with Gasteiger partial charge in [0.05, 0.1) is 10.6 Å². The maximum atomic E-state index is 13.6. The lowest BCUT2D eigenvalue weighted by molar-refractivity contribution is 0.00828. The van der Waals surface area contributed by atoms with Crippen molar-refractivity contribution in [2.75, 3.05) is 13.8 Å². The van der Waals surface area contributed by atoms with Gasteiger partial charge >= 0.3 is 0 Å². The number of benzene rings is 1. The molecular formula is C12H12FN3O3S. The van der Waals surface area contributed by atoms with E-state index in [1.165, 1.54) is 31.5 Å².